The van der Waals surface area contributed by atoms with Gasteiger partial charge in [-0.2, -0.15) is 0 Å². The van der Waals surface area contributed by atoms with Crippen molar-refractivity contribution in [2.24, 2.45) is 14.1 Å². The van der Waals surface area contributed by atoms with Crippen LogP contribution in [0.2, 0.25) is 10.0 Å². The molecule has 0 atom stereocenters. The van der Waals surface area contributed by atoms with Gasteiger partial charge in [-0.15, -0.1) is 5.10 Å². The van der Waals surface area contributed by atoms with E-state index in [2.05, 4.69) is 20.6 Å². The number of carbonyl (C=O) groups is 1. The lowest BCUT2D eigenvalue weighted by molar-refractivity contribution is -0.116. The van der Waals surface area contributed by atoms with Crippen LogP contribution in [0.1, 0.15) is 0 Å². The van der Waals surface area contributed by atoms with Crippen LogP contribution in [0.15, 0.2) is 21.7 Å². The van der Waals surface area contributed by atoms with Gasteiger partial charge in [0, 0.05) is 14.1 Å². The number of nitrogens with one attached hydrogen (secondary N) is 1. The highest BCUT2D eigenvalue weighted by atomic mass is 35.5. The number of hydrogen-bond donors (Lipinski definition) is 1. The number of aromatic nitrogens is 6. The summed E-state index contributed by atoms with van der Waals surface area (Å²) >= 11 is 13.2. The number of anilines is 1. The van der Waals surface area contributed by atoms with Gasteiger partial charge in [-0.25, -0.2) is 14.5 Å². The Hall–Kier alpha value is -2.76. The number of thiazole rings is 1. The highest BCUT2D eigenvalue weighted by Crippen LogP contribution is 2.32. The average Bonchev–Trinajstić information content (AvgIpc) is 3.22. The Morgan fingerprint density at radius 1 is 1.18 bits per heavy atom. The molecule has 4 rings (SSSR count). The zero-order valence-corrected chi connectivity index (χ0v) is 16.8. The van der Waals surface area contributed by atoms with Gasteiger partial charge in [-0.05, 0) is 12.1 Å². The van der Waals surface area contributed by atoms with Gasteiger partial charge in [0.15, 0.2) is 16.3 Å². The molecular formula is C15H11Cl2N7O3S. The van der Waals surface area contributed by atoms with Crippen LogP contribution in [-0.4, -0.2) is 35.0 Å². The minimum Gasteiger partial charge on any atom is -0.300 e. The Balaban J connectivity index is 1.64. The van der Waals surface area contributed by atoms with E-state index >= 15 is 0 Å². The Bertz CT molecular complexity index is 1350. The lowest BCUT2D eigenvalue weighted by atomic mass is 10.3. The van der Waals surface area contributed by atoms with E-state index in [1.807, 2.05) is 0 Å². The molecular weight excluding hydrogens is 429 g/mol. The summed E-state index contributed by atoms with van der Waals surface area (Å²) in [5.74, 6) is -0.459. The number of aryl methyl sites for hydroxylation is 1. The summed E-state index contributed by atoms with van der Waals surface area (Å²) < 4.78 is 4.04. The van der Waals surface area contributed by atoms with Crippen molar-refractivity contribution in [3.63, 3.8) is 0 Å². The predicted octanol–water partition coefficient (Wildman–Crippen LogP) is 1.38. The topological polar surface area (TPSA) is 117 Å². The third-order valence-corrected chi connectivity index (χ3v) is 5.74. The van der Waals surface area contributed by atoms with Crippen molar-refractivity contribution >= 4 is 67.0 Å². The molecule has 0 unspecified atom stereocenters. The number of fused-ring (bicyclic) bond motifs is 2. The summed E-state index contributed by atoms with van der Waals surface area (Å²) in [6.07, 6.45) is 0. The standard InChI is InChI=1S/C15H11Cl2N7O3S/c1-22-12-11(13(26)23(2)15(22)27)24(21-20-12)5-10(25)19-14-18-8-3-6(16)7(17)4-9(8)28-14/h3-4H,5H2,1-2H3,(H,18,19,25). The fraction of sp³-hybridized carbons (Fsp3) is 0.200. The Morgan fingerprint density at radius 2 is 1.89 bits per heavy atom. The normalized spacial score (nSPS) is 11.4. The van der Waals surface area contributed by atoms with Gasteiger partial charge in [0.2, 0.25) is 5.91 Å². The van der Waals surface area contributed by atoms with Crippen molar-refractivity contribution in [1.29, 1.82) is 0 Å². The largest absolute Gasteiger partial charge is 0.332 e. The molecule has 1 N–H and O–H groups in total. The van der Waals surface area contributed by atoms with E-state index < -0.39 is 17.2 Å². The maximum atomic E-state index is 12.4. The molecule has 28 heavy (non-hydrogen) atoms. The Kier molecular flexibility index (Phi) is 4.44. The Morgan fingerprint density at radius 3 is 2.64 bits per heavy atom. The molecule has 0 aliphatic heterocycles. The lowest BCUT2D eigenvalue weighted by Crippen LogP contribution is -2.38. The molecule has 0 bridgehead atoms. The molecule has 4 aromatic rings. The predicted molar refractivity (Wildman–Crippen MR) is 106 cm³/mol. The van der Waals surface area contributed by atoms with Gasteiger partial charge < -0.3 is 5.32 Å². The number of halogens is 2. The Labute approximate surface area is 169 Å². The first-order chi connectivity index (χ1) is 13.3. The highest BCUT2D eigenvalue weighted by molar-refractivity contribution is 7.22. The first-order valence-corrected chi connectivity index (χ1v) is 9.38. The summed E-state index contributed by atoms with van der Waals surface area (Å²) in [5.41, 5.74) is -0.349. The van der Waals surface area contributed by atoms with E-state index in [0.29, 0.717) is 20.7 Å². The van der Waals surface area contributed by atoms with Crippen LogP contribution in [-0.2, 0) is 25.4 Å². The zero-order valence-electron chi connectivity index (χ0n) is 14.4. The summed E-state index contributed by atoms with van der Waals surface area (Å²) in [6, 6.07) is 3.28. The molecule has 0 aliphatic carbocycles. The van der Waals surface area contributed by atoms with Crippen LogP contribution in [0.3, 0.4) is 0 Å². The molecule has 0 saturated heterocycles. The van der Waals surface area contributed by atoms with Gasteiger partial charge in [0.1, 0.15) is 6.54 Å². The molecule has 13 heteroatoms. The number of rotatable bonds is 3. The van der Waals surface area contributed by atoms with E-state index in [1.54, 1.807) is 12.1 Å². The second kappa shape index (κ2) is 6.69. The number of benzene rings is 1. The monoisotopic (exact) mass is 439 g/mol. The number of hydrogen-bond acceptors (Lipinski definition) is 7. The van der Waals surface area contributed by atoms with E-state index in [0.717, 1.165) is 13.9 Å². The van der Waals surface area contributed by atoms with Gasteiger partial charge in [-0.1, -0.05) is 39.8 Å². The first-order valence-electron chi connectivity index (χ1n) is 7.81. The van der Waals surface area contributed by atoms with Crippen molar-refractivity contribution in [3.05, 3.63) is 43.0 Å². The molecule has 1 aromatic carbocycles. The molecule has 0 fully saturated rings. The zero-order chi connectivity index (χ0) is 20.2. The third kappa shape index (κ3) is 2.97. The average molecular weight is 440 g/mol. The van der Waals surface area contributed by atoms with Crippen LogP contribution in [0.4, 0.5) is 5.13 Å². The maximum Gasteiger partial charge on any atom is 0.332 e. The fourth-order valence-electron chi connectivity index (χ4n) is 2.68. The van der Waals surface area contributed by atoms with Gasteiger partial charge in [0.25, 0.3) is 5.56 Å². The molecule has 144 valence electrons. The van der Waals surface area contributed by atoms with Crippen LogP contribution < -0.4 is 16.6 Å². The summed E-state index contributed by atoms with van der Waals surface area (Å²) in [6.45, 7) is -0.276. The second-order valence-corrected chi connectivity index (χ2v) is 7.77. The summed E-state index contributed by atoms with van der Waals surface area (Å²) in [7, 11) is 2.82. The van der Waals surface area contributed by atoms with Crippen molar-refractivity contribution < 1.29 is 4.79 Å². The van der Waals surface area contributed by atoms with Crippen molar-refractivity contribution in [2.75, 3.05) is 5.32 Å². The smallest absolute Gasteiger partial charge is 0.300 e. The SMILES string of the molecule is Cn1c(=O)c2c(nnn2CC(=O)Nc2nc3cc(Cl)c(Cl)cc3s2)n(C)c1=O. The van der Waals surface area contributed by atoms with Crippen LogP contribution in [0, 0.1) is 0 Å². The van der Waals surface area contributed by atoms with Crippen LogP contribution >= 0.6 is 34.5 Å². The van der Waals surface area contributed by atoms with Crippen LogP contribution in [0.25, 0.3) is 21.4 Å². The van der Waals surface area contributed by atoms with Crippen molar-refractivity contribution in [2.45, 2.75) is 6.54 Å². The molecule has 0 saturated carbocycles. The molecule has 0 aliphatic rings. The highest BCUT2D eigenvalue weighted by Gasteiger charge is 2.18. The summed E-state index contributed by atoms with van der Waals surface area (Å²) in [4.78, 5) is 41.0. The van der Waals surface area contributed by atoms with E-state index in [9.17, 15) is 14.4 Å². The van der Waals surface area contributed by atoms with Crippen molar-refractivity contribution in [3.8, 4) is 0 Å². The van der Waals surface area contributed by atoms with E-state index in [1.165, 1.54) is 30.0 Å². The maximum absolute atomic E-state index is 12.4. The van der Waals surface area contributed by atoms with E-state index in [4.69, 9.17) is 23.2 Å². The number of amides is 1. The number of carbonyl (C=O) groups excluding carboxylic acids is 1. The third-order valence-electron chi connectivity index (χ3n) is 4.09. The second-order valence-electron chi connectivity index (χ2n) is 5.93. The first kappa shape index (κ1) is 18.6. The molecule has 3 heterocycles. The molecule has 3 aromatic heterocycles. The number of nitrogens with zero attached hydrogens (tertiary/aromatic N) is 6. The quantitative estimate of drug-likeness (QED) is 0.515. The minimum atomic E-state index is -0.583. The molecule has 1 amide bonds. The van der Waals surface area contributed by atoms with E-state index in [-0.39, 0.29) is 17.7 Å². The summed E-state index contributed by atoms with van der Waals surface area (Å²) in [5, 5.41) is 11.4. The molecule has 0 spiro atoms. The van der Waals surface area contributed by atoms with Gasteiger partial charge in [-0.3, -0.25) is 18.7 Å². The van der Waals surface area contributed by atoms with Crippen LogP contribution in [0.5, 0.6) is 0 Å². The fourth-order valence-corrected chi connectivity index (χ4v) is 3.97. The van der Waals surface area contributed by atoms with Gasteiger partial charge in [0.05, 0.1) is 20.3 Å². The minimum absolute atomic E-state index is 0.0580. The van der Waals surface area contributed by atoms with Crippen molar-refractivity contribution in [1.82, 2.24) is 29.1 Å². The molecule has 10 nitrogen and oxygen atoms in total. The lowest BCUT2D eigenvalue weighted by Gasteiger charge is -2.04. The molecule has 0 radical (unpaired) electrons. The van der Waals surface area contributed by atoms with Gasteiger partial charge >= 0.3 is 5.69 Å².